The van der Waals surface area contributed by atoms with Gasteiger partial charge in [0.25, 0.3) is 0 Å². The lowest BCUT2D eigenvalue weighted by atomic mass is 9.98. The number of allylic oxidation sites excluding steroid dienone is 1. The maximum atomic E-state index is 13.4. The summed E-state index contributed by atoms with van der Waals surface area (Å²) in [6.07, 6.45) is 6.18. The van der Waals surface area contributed by atoms with Crippen molar-refractivity contribution in [2.45, 2.75) is 18.9 Å². The van der Waals surface area contributed by atoms with Gasteiger partial charge in [0.1, 0.15) is 17.7 Å². The third-order valence-corrected chi connectivity index (χ3v) is 6.51. The number of rotatable bonds is 5. The van der Waals surface area contributed by atoms with Crippen molar-refractivity contribution in [3.8, 4) is 0 Å². The van der Waals surface area contributed by atoms with Crippen LogP contribution in [0.5, 0.6) is 0 Å². The molecule has 0 saturated heterocycles. The summed E-state index contributed by atoms with van der Waals surface area (Å²) in [5, 5.41) is 0. The smallest absolute Gasteiger partial charge is 0.237 e. The Morgan fingerprint density at radius 2 is 1.86 bits per heavy atom. The number of nitrogens with zero attached hydrogens (tertiary/aromatic N) is 2. The van der Waals surface area contributed by atoms with Crippen LogP contribution in [-0.4, -0.2) is 18.0 Å². The molecule has 2 aromatic carbocycles. The van der Waals surface area contributed by atoms with E-state index in [2.05, 4.69) is 9.71 Å². The highest BCUT2D eigenvalue weighted by molar-refractivity contribution is 7.93. The molecule has 1 N–H and O–H groups in total. The topological polar surface area (TPSA) is 64.0 Å². The number of aromatic nitrogens is 2. The van der Waals surface area contributed by atoms with Crippen LogP contribution >= 0.6 is 0 Å². The van der Waals surface area contributed by atoms with Gasteiger partial charge in [-0.2, -0.15) is 4.72 Å². The van der Waals surface area contributed by atoms with E-state index in [0.717, 1.165) is 11.1 Å². The molecule has 7 heteroatoms. The summed E-state index contributed by atoms with van der Waals surface area (Å²) in [5.74, 6) is 0.156. The molecule has 1 heterocycles. The van der Waals surface area contributed by atoms with Crippen LogP contribution < -0.4 is 4.72 Å². The lowest BCUT2D eigenvalue weighted by Crippen LogP contribution is -2.32. The molecule has 1 aromatic heterocycles. The van der Waals surface area contributed by atoms with E-state index in [-0.39, 0.29) is 5.82 Å². The van der Waals surface area contributed by atoms with Crippen LogP contribution in [0.1, 0.15) is 35.0 Å². The molecule has 0 amide bonds. The molecule has 144 valence electrons. The lowest BCUT2D eigenvalue weighted by Gasteiger charge is -2.22. The van der Waals surface area contributed by atoms with Gasteiger partial charge < -0.3 is 4.57 Å². The van der Waals surface area contributed by atoms with Gasteiger partial charge in [-0.3, -0.25) is 0 Å². The van der Waals surface area contributed by atoms with Crippen molar-refractivity contribution < 1.29 is 12.8 Å². The van der Waals surface area contributed by atoms with Crippen LogP contribution in [-0.2, 0) is 23.5 Å². The Labute approximate surface area is 163 Å². The molecule has 0 bridgehead atoms. The minimum absolute atomic E-state index is 0.340. The molecule has 0 saturated carbocycles. The van der Waals surface area contributed by atoms with Crippen LogP contribution in [0, 0.1) is 5.82 Å². The van der Waals surface area contributed by atoms with E-state index in [4.69, 9.17) is 0 Å². The van der Waals surface area contributed by atoms with Crippen molar-refractivity contribution >= 4 is 16.1 Å². The van der Waals surface area contributed by atoms with Gasteiger partial charge in [0.05, 0.1) is 4.91 Å². The number of fused-ring (bicyclic) bond motifs is 1. The van der Waals surface area contributed by atoms with E-state index in [0.29, 0.717) is 29.1 Å². The first-order valence-electron chi connectivity index (χ1n) is 8.97. The molecule has 0 fully saturated rings. The third-order valence-electron chi connectivity index (χ3n) is 4.95. The van der Waals surface area contributed by atoms with Gasteiger partial charge in [-0.1, -0.05) is 36.4 Å². The summed E-state index contributed by atoms with van der Waals surface area (Å²) in [6.45, 7) is 0. The van der Waals surface area contributed by atoms with Gasteiger partial charge in [0, 0.05) is 19.4 Å². The van der Waals surface area contributed by atoms with Gasteiger partial charge in [-0.05, 0) is 47.7 Å². The predicted octanol–water partition coefficient (Wildman–Crippen LogP) is 3.56. The molecule has 0 spiro atoms. The first-order valence-corrected chi connectivity index (χ1v) is 10.5. The SMILES string of the molecule is Cn1ccnc1C(NS(=O)(=O)C1=Cc2ccccc2CC1)c1ccc(F)cc1. The van der Waals surface area contributed by atoms with Crippen molar-refractivity contribution in [1.29, 1.82) is 0 Å². The van der Waals surface area contributed by atoms with E-state index in [9.17, 15) is 12.8 Å². The second kappa shape index (κ2) is 7.33. The van der Waals surface area contributed by atoms with Crippen LogP contribution in [0.25, 0.3) is 6.08 Å². The van der Waals surface area contributed by atoms with Gasteiger partial charge in [0.2, 0.25) is 10.0 Å². The Balaban J connectivity index is 1.71. The zero-order chi connectivity index (χ0) is 19.7. The molecule has 0 aliphatic heterocycles. The van der Waals surface area contributed by atoms with E-state index >= 15 is 0 Å². The lowest BCUT2D eigenvalue weighted by molar-refractivity contribution is 0.566. The normalized spacial score (nSPS) is 15.0. The summed E-state index contributed by atoms with van der Waals surface area (Å²) >= 11 is 0. The summed E-state index contributed by atoms with van der Waals surface area (Å²) in [7, 11) is -1.97. The zero-order valence-electron chi connectivity index (χ0n) is 15.3. The average Bonchev–Trinajstić information content (AvgIpc) is 3.12. The molecule has 0 radical (unpaired) electrons. The molecule has 1 atom stereocenters. The number of aryl methyl sites for hydroxylation is 2. The fraction of sp³-hybridized carbons (Fsp3) is 0.190. The maximum Gasteiger partial charge on any atom is 0.237 e. The number of hydrogen-bond donors (Lipinski definition) is 1. The van der Waals surface area contributed by atoms with Gasteiger partial charge in [-0.15, -0.1) is 0 Å². The molecule has 4 rings (SSSR count). The highest BCUT2D eigenvalue weighted by Crippen LogP contribution is 2.29. The Morgan fingerprint density at radius 3 is 2.57 bits per heavy atom. The second-order valence-corrected chi connectivity index (χ2v) is 8.58. The summed E-state index contributed by atoms with van der Waals surface area (Å²) < 4.78 is 44.2. The van der Waals surface area contributed by atoms with Crippen molar-refractivity contribution in [2.75, 3.05) is 0 Å². The van der Waals surface area contributed by atoms with E-state index in [1.54, 1.807) is 42.2 Å². The minimum Gasteiger partial charge on any atom is -0.336 e. The Morgan fingerprint density at radius 1 is 1.11 bits per heavy atom. The fourth-order valence-corrected chi connectivity index (χ4v) is 4.79. The summed E-state index contributed by atoms with van der Waals surface area (Å²) in [4.78, 5) is 4.64. The average molecular weight is 397 g/mol. The Bertz CT molecular complexity index is 1130. The second-order valence-electron chi connectivity index (χ2n) is 6.81. The molecule has 1 unspecified atom stereocenters. The number of halogens is 1. The standard InChI is InChI=1S/C21H20FN3O2S/c1-25-13-12-23-21(25)20(16-6-9-18(22)10-7-16)24-28(26,27)19-11-8-15-4-2-3-5-17(15)14-19/h2-7,9-10,12-14,20,24H,8,11H2,1H3. The molecular weight excluding hydrogens is 377 g/mol. The monoisotopic (exact) mass is 397 g/mol. The molecule has 1 aliphatic rings. The summed E-state index contributed by atoms with van der Waals surface area (Å²) in [5.41, 5.74) is 2.68. The number of nitrogens with one attached hydrogen (secondary N) is 1. The molecule has 28 heavy (non-hydrogen) atoms. The van der Waals surface area contributed by atoms with Crippen LogP contribution in [0.15, 0.2) is 65.8 Å². The highest BCUT2D eigenvalue weighted by Gasteiger charge is 2.28. The highest BCUT2D eigenvalue weighted by atomic mass is 32.2. The van der Waals surface area contributed by atoms with Crippen molar-refractivity contribution in [2.24, 2.45) is 7.05 Å². The van der Waals surface area contributed by atoms with Crippen molar-refractivity contribution in [3.63, 3.8) is 0 Å². The van der Waals surface area contributed by atoms with Crippen molar-refractivity contribution in [3.05, 3.63) is 94.2 Å². The first-order chi connectivity index (χ1) is 13.4. The van der Waals surface area contributed by atoms with E-state index < -0.39 is 16.1 Å². The number of benzene rings is 2. The zero-order valence-corrected chi connectivity index (χ0v) is 16.2. The van der Waals surface area contributed by atoms with E-state index in [1.165, 1.54) is 12.1 Å². The third kappa shape index (κ3) is 3.63. The Kier molecular flexibility index (Phi) is 4.87. The van der Waals surface area contributed by atoms with Gasteiger partial charge in [0.15, 0.2) is 0 Å². The van der Waals surface area contributed by atoms with Crippen LogP contribution in [0.4, 0.5) is 4.39 Å². The number of hydrogen-bond acceptors (Lipinski definition) is 3. The Hall–Kier alpha value is -2.77. The van der Waals surface area contributed by atoms with E-state index in [1.807, 2.05) is 24.3 Å². The number of imidazole rings is 1. The largest absolute Gasteiger partial charge is 0.336 e. The molecule has 5 nitrogen and oxygen atoms in total. The molecular formula is C21H20FN3O2S. The molecule has 3 aromatic rings. The van der Waals surface area contributed by atoms with Crippen molar-refractivity contribution in [1.82, 2.24) is 14.3 Å². The maximum absolute atomic E-state index is 13.4. The van der Waals surface area contributed by atoms with Crippen LogP contribution in [0.3, 0.4) is 0 Å². The number of sulfonamides is 1. The van der Waals surface area contributed by atoms with Crippen LogP contribution in [0.2, 0.25) is 0 Å². The predicted molar refractivity (Wildman–Crippen MR) is 106 cm³/mol. The van der Waals surface area contributed by atoms with Gasteiger partial charge in [-0.25, -0.2) is 17.8 Å². The first kappa shape index (κ1) is 18.6. The fourth-order valence-electron chi connectivity index (χ4n) is 3.43. The quantitative estimate of drug-likeness (QED) is 0.716. The minimum atomic E-state index is -3.76. The van der Waals surface area contributed by atoms with Gasteiger partial charge >= 0.3 is 0 Å². The molecule has 1 aliphatic carbocycles. The summed E-state index contributed by atoms with van der Waals surface area (Å²) in [6, 6.07) is 12.8.